The van der Waals surface area contributed by atoms with Gasteiger partial charge in [-0.15, -0.1) is 11.8 Å². The number of hydrogen-bond acceptors (Lipinski definition) is 4. The summed E-state index contributed by atoms with van der Waals surface area (Å²) in [7, 11) is 0. The van der Waals surface area contributed by atoms with E-state index in [1.165, 1.54) is 17.8 Å². The maximum atomic E-state index is 10.7. The summed E-state index contributed by atoms with van der Waals surface area (Å²) in [6, 6.07) is 4.77. The van der Waals surface area contributed by atoms with Crippen molar-refractivity contribution in [2.45, 2.75) is 17.9 Å². The van der Waals surface area contributed by atoms with Gasteiger partial charge in [-0.3, -0.25) is 10.1 Å². The highest BCUT2D eigenvalue weighted by atomic mass is 32.2. The largest absolute Gasteiger partial charge is 0.389 e. The highest BCUT2D eigenvalue weighted by Gasteiger charge is 2.15. The fourth-order valence-corrected chi connectivity index (χ4v) is 1.66. The van der Waals surface area contributed by atoms with Crippen LogP contribution in [0.2, 0.25) is 0 Å². The van der Waals surface area contributed by atoms with E-state index in [2.05, 4.69) is 0 Å². The van der Waals surface area contributed by atoms with E-state index in [4.69, 9.17) is 0 Å². The van der Waals surface area contributed by atoms with Crippen LogP contribution < -0.4 is 0 Å². The normalized spacial score (nSPS) is 12.5. The van der Waals surface area contributed by atoms with Crippen molar-refractivity contribution >= 4 is 17.4 Å². The second-order valence-electron chi connectivity index (χ2n) is 2.86. The van der Waals surface area contributed by atoms with Crippen LogP contribution in [0.25, 0.3) is 0 Å². The third-order valence-electron chi connectivity index (χ3n) is 1.88. The summed E-state index contributed by atoms with van der Waals surface area (Å²) in [5.74, 6) is 0. The van der Waals surface area contributed by atoms with E-state index in [1.54, 1.807) is 25.3 Å². The lowest BCUT2D eigenvalue weighted by Crippen LogP contribution is -1.95. The first-order valence-corrected chi connectivity index (χ1v) is 5.29. The second-order valence-corrected chi connectivity index (χ2v) is 3.71. The number of benzene rings is 1. The Morgan fingerprint density at radius 1 is 1.57 bits per heavy atom. The van der Waals surface area contributed by atoms with Crippen LogP contribution in [-0.2, 0) is 0 Å². The van der Waals surface area contributed by atoms with Crippen molar-refractivity contribution in [3.05, 3.63) is 33.9 Å². The summed E-state index contributed by atoms with van der Waals surface area (Å²) < 4.78 is 0. The minimum atomic E-state index is -0.676. The van der Waals surface area contributed by atoms with Crippen LogP contribution in [0.5, 0.6) is 0 Å². The number of nitro benzene ring substituents is 1. The van der Waals surface area contributed by atoms with E-state index < -0.39 is 11.0 Å². The van der Waals surface area contributed by atoms with E-state index in [0.717, 1.165) is 0 Å². The fourth-order valence-electron chi connectivity index (χ4n) is 1.11. The third-order valence-corrected chi connectivity index (χ3v) is 2.67. The van der Waals surface area contributed by atoms with E-state index >= 15 is 0 Å². The second kappa shape index (κ2) is 4.43. The van der Waals surface area contributed by atoms with Gasteiger partial charge in [0.25, 0.3) is 5.69 Å². The molecule has 0 saturated heterocycles. The van der Waals surface area contributed by atoms with E-state index in [9.17, 15) is 15.2 Å². The zero-order chi connectivity index (χ0) is 10.7. The predicted molar refractivity (Wildman–Crippen MR) is 55.5 cm³/mol. The zero-order valence-corrected chi connectivity index (χ0v) is 8.75. The number of hydrogen-bond donors (Lipinski definition) is 1. The molecule has 1 rings (SSSR count). The quantitative estimate of drug-likeness (QED) is 0.475. The average Bonchev–Trinajstić information content (AvgIpc) is 2.16. The SMILES string of the molecule is CSc1ccc(C(C)O)cc1[N+](=O)[O-]. The minimum Gasteiger partial charge on any atom is -0.389 e. The Hall–Kier alpha value is -1.07. The number of aliphatic hydroxyl groups excluding tert-OH is 1. The van der Waals surface area contributed by atoms with Crippen molar-refractivity contribution in [2.75, 3.05) is 6.26 Å². The summed E-state index contributed by atoms with van der Waals surface area (Å²) in [6.45, 7) is 1.58. The summed E-state index contributed by atoms with van der Waals surface area (Å²) >= 11 is 1.32. The predicted octanol–water partition coefficient (Wildman–Crippen LogP) is 2.37. The molecule has 1 aromatic rings. The van der Waals surface area contributed by atoms with Crippen LogP contribution in [0.4, 0.5) is 5.69 Å². The fraction of sp³-hybridized carbons (Fsp3) is 0.333. The smallest absolute Gasteiger partial charge is 0.283 e. The summed E-state index contributed by atoms with van der Waals surface area (Å²) in [5, 5.41) is 19.9. The molecule has 0 aromatic heterocycles. The van der Waals surface area contributed by atoms with Crippen molar-refractivity contribution in [2.24, 2.45) is 0 Å². The van der Waals surface area contributed by atoms with Crippen molar-refractivity contribution in [1.82, 2.24) is 0 Å². The maximum absolute atomic E-state index is 10.7. The highest BCUT2D eigenvalue weighted by Crippen LogP contribution is 2.29. The van der Waals surface area contributed by atoms with Gasteiger partial charge in [-0.2, -0.15) is 0 Å². The number of nitro groups is 1. The van der Waals surface area contributed by atoms with Crippen LogP contribution in [-0.4, -0.2) is 16.3 Å². The van der Waals surface area contributed by atoms with Crippen LogP contribution in [0.1, 0.15) is 18.6 Å². The maximum Gasteiger partial charge on any atom is 0.283 e. The van der Waals surface area contributed by atoms with Gasteiger partial charge in [-0.25, -0.2) is 0 Å². The standard InChI is InChI=1S/C9H11NO3S/c1-6(11)7-3-4-9(14-2)8(5-7)10(12)13/h3-6,11H,1-2H3. The topological polar surface area (TPSA) is 63.4 Å². The van der Waals surface area contributed by atoms with Crippen LogP contribution in [0.15, 0.2) is 23.1 Å². The lowest BCUT2D eigenvalue weighted by molar-refractivity contribution is -0.387. The molecule has 0 heterocycles. The van der Waals surface area contributed by atoms with Gasteiger partial charge in [0, 0.05) is 6.07 Å². The molecule has 5 heteroatoms. The first-order valence-electron chi connectivity index (χ1n) is 4.06. The van der Waals surface area contributed by atoms with Crippen molar-refractivity contribution in [1.29, 1.82) is 0 Å². The Bertz CT molecular complexity index is 352. The average molecular weight is 213 g/mol. The number of aliphatic hydroxyl groups is 1. The number of thioether (sulfide) groups is 1. The van der Waals surface area contributed by atoms with Gasteiger partial charge < -0.3 is 5.11 Å². The first-order chi connectivity index (χ1) is 6.56. The van der Waals surface area contributed by atoms with Gasteiger partial charge in [0.1, 0.15) is 0 Å². The van der Waals surface area contributed by atoms with Crippen molar-refractivity contribution in [3.8, 4) is 0 Å². The van der Waals surface area contributed by atoms with Gasteiger partial charge in [0.2, 0.25) is 0 Å². The Kier molecular flexibility index (Phi) is 3.49. The van der Waals surface area contributed by atoms with Gasteiger partial charge in [-0.05, 0) is 24.8 Å². The molecular formula is C9H11NO3S. The Balaban J connectivity index is 3.21. The van der Waals surface area contributed by atoms with Gasteiger partial charge in [-0.1, -0.05) is 6.07 Å². The lowest BCUT2D eigenvalue weighted by Gasteiger charge is -2.05. The van der Waals surface area contributed by atoms with Gasteiger partial charge in [0.15, 0.2) is 0 Å². The molecule has 0 saturated carbocycles. The van der Waals surface area contributed by atoms with Crippen LogP contribution in [0.3, 0.4) is 0 Å². The van der Waals surface area contributed by atoms with Gasteiger partial charge >= 0.3 is 0 Å². The molecule has 0 bridgehead atoms. The van der Waals surface area contributed by atoms with Gasteiger partial charge in [0.05, 0.1) is 15.9 Å². The Morgan fingerprint density at radius 3 is 2.64 bits per heavy atom. The summed E-state index contributed by atoms with van der Waals surface area (Å²) in [4.78, 5) is 10.8. The Labute approximate surface area is 86.1 Å². The molecule has 76 valence electrons. The van der Waals surface area contributed by atoms with Crippen LogP contribution in [0, 0.1) is 10.1 Å². The molecule has 1 atom stereocenters. The molecule has 1 unspecified atom stereocenters. The zero-order valence-electron chi connectivity index (χ0n) is 7.93. The molecular weight excluding hydrogens is 202 g/mol. The summed E-state index contributed by atoms with van der Waals surface area (Å²) in [5.41, 5.74) is 0.616. The molecule has 1 N–H and O–H groups in total. The van der Waals surface area contributed by atoms with Crippen molar-refractivity contribution < 1.29 is 10.0 Å². The molecule has 0 aliphatic heterocycles. The van der Waals surface area contributed by atoms with E-state index in [-0.39, 0.29) is 5.69 Å². The van der Waals surface area contributed by atoms with E-state index in [0.29, 0.717) is 10.5 Å². The van der Waals surface area contributed by atoms with Crippen LogP contribution >= 0.6 is 11.8 Å². The van der Waals surface area contributed by atoms with E-state index in [1.807, 2.05) is 0 Å². The number of rotatable bonds is 3. The molecule has 0 fully saturated rings. The Morgan fingerprint density at radius 2 is 2.21 bits per heavy atom. The molecule has 0 radical (unpaired) electrons. The molecule has 0 aliphatic rings. The minimum absolute atomic E-state index is 0.0518. The van der Waals surface area contributed by atoms with Crippen molar-refractivity contribution in [3.63, 3.8) is 0 Å². The molecule has 0 spiro atoms. The molecule has 0 amide bonds. The molecule has 4 nitrogen and oxygen atoms in total. The molecule has 1 aromatic carbocycles. The third kappa shape index (κ3) is 2.24. The first kappa shape index (κ1) is 11.0. The molecule has 0 aliphatic carbocycles. The highest BCUT2D eigenvalue weighted by molar-refractivity contribution is 7.98. The number of nitrogens with zero attached hydrogens (tertiary/aromatic N) is 1. The molecule has 14 heavy (non-hydrogen) atoms. The summed E-state index contributed by atoms with van der Waals surface area (Å²) in [6.07, 6.45) is 1.11. The monoisotopic (exact) mass is 213 g/mol. The lowest BCUT2D eigenvalue weighted by atomic mass is 10.1.